The lowest BCUT2D eigenvalue weighted by Crippen LogP contribution is -2.59. The van der Waals surface area contributed by atoms with Crippen LogP contribution in [0.4, 0.5) is 0 Å². The second-order valence-corrected chi connectivity index (χ2v) is 7.54. The van der Waals surface area contributed by atoms with E-state index < -0.39 is 15.6 Å². The Morgan fingerprint density at radius 2 is 2.00 bits per heavy atom. The summed E-state index contributed by atoms with van der Waals surface area (Å²) >= 11 is 0. The minimum Gasteiger partial charge on any atom is -0.409 e. The molecule has 0 amide bonds. The molecule has 0 radical (unpaired) electrons. The van der Waals surface area contributed by atoms with Gasteiger partial charge in [-0.2, -0.15) is 0 Å². The fraction of sp³-hybridized carbons (Fsp3) is 0.923. The molecule has 1 aliphatic carbocycles. The zero-order valence-corrected chi connectivity index (χ0v) is 13.2. The van der Waals surface area contributed by atoms with Gasteiger partial charge in [0.25, 0.3) is 0 Å². The van der Waals surface area contributed by atoms with Crippen molar-refractivity contribution in [2.24, 2.45) is 16.8 Å². The summed E-state index contributed by atoms with van der Waals surface area (Å²) in [7, 11) is -3.40. The molecule has 0 unspecified atom stereocenters. The maximum Gasteiger partial charge on any atom is 0.212 e. The Morgan fingerprint density at radius 1 is 1.40 bits per heavy atom. The molecule has 0 aliphatic heterocycles. The normalized spacial score (nSPS) is 28.5. The zero-order valence-electron chi connectivity index (χ0n) is 12.4. The number of amidine groups is 1. The van der Waals surface area contributed by atoms with Crippen LogP contribution in [0.25, 0.3) is 0 Å². The minimum absolute atomic E-state index is 0.0212. The van der Waals surface area contributed by atoms with Crippen molar-refractivity contribution >= 4 is 15.9 Å². The largest absolute Gasteiger partial charge is 0.409 e. The Balaban J connectivity index is 2.86. The van der Waals surface area contributed by atoms with E-state index in [1.165, 1.54) is 0 Å². The predicted molar refractivity (Wildman–Crippen MR) is 80.2 cm³/mol. The van der Waals surface area contributed by atoms with Crippen molar-refractivity contribution in [3.8, 4) is 0 Å². The van der Waals surface area contributed by atoms with Crippen molar-refractivity contribution in [1.82, 2.24) is 4.72 Å². The van der Waals surface area contributed by atoms with Gasteiger partial charge in [0.05, 0.1) is 11.3 Å². The van der Waals surface area contributed by atoms with Gasteiger partial charge in [0.1, 0.15) is 0 Å². The third kappa shape index (κ3) is 4.34. The van der Waals surface area contributed by atoms with E-state index in [4.69, 9.17) is 10.9 Å². The quantitative estimate of drug-likeness (QED) is 0.288. The van der Waals surface area contributed by atoms with Crippen LogP contribution in [0.3, 0.4) is 0 Å². The Labute approximate surface area is 121 Å². The van der Waals surface area contributed by atoms with Crippen LogP contribution in [0, 0.1) is 5.92 Å². The highest BCUT2D eigenvalue weighted by atomic mass is 32.2. The molecule has 1 rings (SSSR count). The summed E-state index contributed by atoms with van der Waals surface area (Å²) in [6, 6.07) is 0. The van der Waals surface area contributed by atoms with Crippen molar-refractivity contribution in [2.45, 2.75) is 64.3 Å². The number of nitrogens with zero attached hydrogens (tertiary/aromatic N) is 1. The average Bonchev–Trinajstić information content (AvgIpc) is 2.44. The maximum absolute atomic E-state index is 12.1. The number of nitrogens with one attached hydrogen (secondary N) is 1. The maximum atomic E-state index is 12.1. The van der Waals surface area contributed by atoms with Crippen LogP contribution in [0.2, 0.25) is 0 Å². The first-order valence-corrected chi connectivity index (χ1v) is 9.04. The van der Waals surface area contributed by atoms with Crippen molar-refractivity contribution < 1.29 is 13.6 Å². The molecule has 1 fully saturated rings. The zero-order chi connectivity index (χ0) is 15.2. The van der Waals surface area contributed by atoms with Gasteiger partial charge < -0.3 is 10.9 Å². The lowest BCUT2D eigenvalue weighted by Gasteiger charge is -2.39. The van der Waals surface area contributed by atoms with Crippen LogP contribution in [0.1, 0.15) is 58.8 Å². The Kier molecular flexibility index (Phi) is 6.26. The number of hydrogen-bond donors (Lipinski definition) is 3. The van der Waals surface area contributed by atoms with Gasteiger partial charge in [-0.15, -0.1) is 0 Å². The molecule has 1 saturated carbocycles. The third-order valence-corrected chi connectivity index (χ3v) is 5.78. The average molecular weight is 305 g/mol. The Hall–Kier alpha value is -0.820. The molecule has 0 atom stereocenters. The smallest absolute Gasteiger partial charge is 0.212 e. The van der Waals surface area contributed by atoms with Crippen LogP contribution in [-0.4, -0.2) is 30.8 Å². The number of unbranched alkanes of at least 4 members (excludes halogenated alkanes) is 1. The first-order valence-electron chi connectivity index (χ1n) is 7.38. The minimum atomic E-state index is -3.40. The number of nitrogens with two attached hydrogens (primary N) is 1. The van der Waals surface area contributed by atoms with E-state index >= 15 is 0 Å². The Bertz CT molecular complexity index is 426. The Morgan fingerprint density at radius 3 is 2.45 bits per heavy atom. The van der Waals surface area contributed by atoms with Crippen molar-refractivity contribution in [1.29, 1.82) is 0 Å². The summed E-state index contributed by atoms with van der Waals surface area (Å²) in [5, 5.41) is 12.0. The van der Waals surface area contributed by atoms with E-state index in [-0.39, 0.29) is 11.6 Å². The standard InChI is InChI=1S/C13H27N3O3S/c1-3-5-10-20(18,19)16-13(12(14)15-17)8-6-11(4-2)7-9-13/h11,16-17H,3-10H2,1-2H3,(H2,14,15). The molecule has 20 heavy (non-hydrogen) atoms. The first-order chi connectivity index (χ1) is 9.39. The second-order valence-electron chi connectivity index (χ2n) is 5.69. The van der Waals surface area contributed by atoms with Gasteiger partial charge in [-0.3, -0.25) is 0 Å². The molecule has 0 bridgehead atoms. The first kappa shape index (κ1) is 17.2. The molecule has 118 valence electrons. The highest BCUT2D eigenvalue weighted by Gasteiger charge is 2.41. The molecular weight excluding hydrogens is 278 g/mol. The molecule has 0 heterocycles. The number of hydrogen-bond acceptors (Lipinski definition) is 4. The van der Waals surface area contributed by atoms with Gasteiger partial charge in [-0.25, -0.2) is 13.1 Å². The third-order valence-electron chi connectivity index (χ3n) is 4.25. The van der Waals surface area contributed by atoms with Crippen LogP contribution < -0.4 is 10.5 Å². The molecule has 0 aromatic carbocycles. The fourth-order valence-corrected chi connectivity index (χ4v) is 4.44. The molecule has 7 heteroatoms. The fourth-order valence-electron chi connectivity index (χ4n) is 2.77. The van der Waals surface area contributed by atoms with Gasteiger partial charge in [0.2, 0.25) is 10.0 Å². The summed E-state index contributed by atoms with van der Waals surface area (Å²) in [6.45, 7) is 4.08. The van der Waals surface area contributed by atoms with Gasteiger partial charge in [0, 0.05) is 0 Å². The highest BCUT2D eigenvalue weighted by Crippen LogP contribution is 2.34. The van der Waals surface area contributed by atoms with Crippen LogP contribution in [0.5, 0.6) is 0 Å². The van der Waals surface area contributed by atoms with E-state index in [9.17, 15) is 8.42 Å². The number of rotatable bonds is 7. The number of sulfonamides is 1. The monoisotopic (exact) mass is 305 g/mol. The van der Waals surface area contributed by atoms with E-state index in [0.29, 0.717) is 25.2 Å². The number of oxime groups is 1. The molecular formula is C13H27N3O3S. The predicted octanol–water partition coefficient (Wildman–Crippen LogP) is 1.79. The van der Waals surface area contributed by atoms with E-state index in [1.54, 1.807) is 0 Å². The molecule has 1 aliphatic rings. The lowest BCUT2D eigenvalue weighted by atomic mass is 9.75. The summed E-state index contributed by atoms with van der Waals surface area (Å²) in [5.74, 6) is 0.656. The van der Waals surface area contributed by atoms with Gasteiger partial charge in [0.15, 0.2) is 5.84 Å². The SMILES string of the molecule is CCCCS(=O)(=O)NC1(/C(N)=N/O)CCC(CC)CC1. The van der Waals surface area contributed by atoms with Crippen molar-refractivity contribution in [3.05, 3.63) is 0 Å². The molecule has 0 aromatic heterocycles. The summed E-state index contributed by atoms with van der Waals surface area (Å²) < 4.78 is 27.0. The van der Waals surface area contributed by atoms with E-state index in [0.717, 1.165) is 25.7 Å². The van der Waals surface area contributed by atoms with Crippen molar-refractivity contribution in [3.63, 3.8) is 0 Å². The second kappa shape index (κ2) is 7.26. The van der Waals surface area contributed by atoms with Crippen molar-refractivity contribution in [2.75, 3.05) is 5.75 Å². The molecule has 0 saturated heterocycles. The summed E-state index contributed by atoms with van der Waals surface area (Å²) in [5.41, 5.74) is 4.87. The summed E-state index contributed by atoms with van der Waals surface area (Å²) in [4.78, 5) is 0. The van der Waals surface area contributed by atoms with Crippen LogP contribution >= 0.6 is 0 Å². The summed E-state index contributed by atoms with van der Waals surface area (Å²) in [6.07, 6.45) is 5.47. The van der Waals surface area contributed by atoms with Crippen LogP contribution in [0.15, 0.2) is 5.16 Å². The van der Waals surface area contributed by atoms with E-state index in [2.05, 4.69) is 16.8 Å². The molecule has 0 aromatic rings. The van der Waals surface area contributed by atoms with Gasteiger partial charge in [-0.1, -0.05) is 31.8 Å². The molecule has 0 spiro atoms. The highest BCUT2D eigenvalue weighted by molar-refractivity contribution is 7.89. The van der Waals surface area contributed by atoms with E-state index in [1.807, 2.05) is 6.92 Å². The van der Waals surface area contributed by atoms with Crippen LogP contribution in [-0.2, 0) is 10.0 Å². The van der Waals surface area contributed by atoms with Gasteiger partial charge >= 0.3 is 0 Å². The molecule has 6 nitrogen and oxygen atoms in total. The molecule has 4 N–H and O–H groups in total. The van der Waals surface area contributed by atoms with Gasteiger partial charge in [-0.05, 0) is 38.0 Å². The lowest BCUT2D eigenvalue weighted by molar-refractivity contribution is 0.253. The topological polar surface area (TPSA) is 105 Å².